The van der Waals surface area contributed by atoms with E-state index in [2.05, 4.69) is 9.98 Å². The number of benzene rings is 1. The molecule has 102 valence electrons. The molecule has 1 aliphatic heterocycles. The molecule has 0 unspecified atom stereocenters. The van der Waals surface area contributed by atoms with Crippen LogP contribution in [0.25, 0.3) is 0 Å². The van der Waals surface area contributed by atoms with Gasteiger partial charge in [-0.1, -0.05) is 11.6 Å². The average Bonchev–Trinajstić information content (AvgIpc) is 2.28. The van der Waals surface area contributed by atoms with E-state index in [0.717, 1.165) is 5.69 Å². The van der Waals surface area contributed by atoms with E-state index in [4.69, 9.17) is 27.8 Å². The molecule has 0 saturated carbocycles. The summed E-state index contributed by atoms with van der Waals surface area (Å²) in [6.07, 6.45) is 0. The van der Waals surface area contributed by atoms with Crippen LogP contribution in [0, 0.1) is 0 Å². The van der Waals surface area contributed by atoms with Gasteiger partial charge in [0.25, 0.3) is 0 Å². The maximum Gasteiger partial charge on any atom is 0.220 e. The number of nitrogens with zero attached hydrogens (tertiary/aromatic N) is 3. The monoisotopic (exact) mass is 281 g/mol. The first-order valence-electron chi connectivity index (χ1n) is 5.68. The second kappa shape index (κ2) is 4.62. The first kappa shape index (κ1) is 13.5. The van der Waals surface area contributed by atoms with E-state index < -0.39 is 5.66 Å². The minimum atomic E-state index is -0.656. The zero-order valence-electron chi connectivity index (χ0n) is 11.0. The Kier molecular flexibility index (Phi) is 3.28. The molecule has 7 heteroatoms. The number of hydrogen-bond donors (Lipinski definition) is 2. The van der Waals surface area contributed by atoms with Crippen molar-refractivity contribution in [2.45, 2.75) is 19.5 Å². The Morgan fingerprint density at radius 1 is 1.32 bits per heavy atom. The van der Waals surface area contributed by atoms with Gasteiger partial charge in [0.05, 0.1) is 12.8 Å². The normalized spacial score (nSPS) is 17.8. The fourth-order valence-corrected chi connectivity index (χ4v) is 2.22. The number of guanidine groups is 2. The number of aliphatic imine (C=N–C) groups is 2. The molecule has 6 nitrogen and oxygen atoms in total. The van der Waals surface area contributed by atoms with Crippen molar-refractivity contribution in [2.24, 2.45) is 21.5 Å². The van der Waals surface area contributed by atoms with Gasteiger partial charge in [0.15, 0.2) is 0 Å². The Hall–Kier alpha value is -1.95. The summed E-state index contributed by atoms with van der Waals surface area (Å²) in [5.74, 6) is 1.01. The highest BCUT2D eigenvalue weighted by Gasteiger charge is 2.34. The lowest BCUT2D eigenvalue weighted by atomic mass is 10.1. The zero-order valence-corrected chi connectivity index (χ0v) is 11.8. The molecule has 0 aromatic heterocycles. The van der Waals surface area contributed by atoms with Crippen molar-refractivity contribution in [1.29, 1.82) is 0 Å². The minimum Gasteiger partial charge on any atom is -0.495 e. The lowest BCUT2D eigenvalue weighted by Crippen LogP contribution is -2.54. The Balaban J connectivity index is 2.55. The Bertz CT molecular complexity index is 567. The van der Waals surface area contributed by atoms with E-state index >= 15 is 0 Å². The second-order valence-corrected chi connectivity index (χ2v) is 5.02. The summed E-state index contributed by atoms with van der Waals surface area (Å²) in [4.78, 5) is 10.0. The summed E-state index contributed by atoms with van der Waals surface area (Å²) in [6.45, 7) is 3.77. The fourth-order valence-electron chi connectivity index (χ4n) is 2.06. The minimum absolute atomic E-state index is 0.159. The van der Waals surface area contributed by atoms with Gasteiger partial charge in [0.1, 0.15) is 11.4 Å². The molecule has 2 rings (SSSR count). The predicted octanol–water partition coefficient (Wildman–Crippen LogP) is 1.53. The Labute approximate surface area is 116 Å². The van der Waals surface area contributed by atoms with Gasteiger partial charge in [-0.2, -0.15) is 4.99 Å². The molecule has 1 aliphatic rings. The molecular weight excluding hydrogens is 266 g/mol. The molecule has 0 fully saturated rings. The Morgan fingerprint density at radius 3 is 2.58 bits per heavy atom. The molecule has 0 radical (unpaired) electrons. The molecule has 0 saturated heterocycles. The maximum absolute atomic E-state index is 5.97. The van der Waals surface area contributed by atoms with Gasteiger partial charge >= 0.3 is 0 Å². The van der Waals surface area contributed by atoms with Crippen molar-refractivity contribution in [3.8, 4) is 5.75 Å². The summed E-state index contributed by atoms with van der Waals surface area (Å²) in [5.41, 5.74) is 11.7. The van der Waals surface area contributed by atoms with Gasteiger partial charge in [-0.25, -0.2) is 4.99 Å². The number of hydrogen-bond acceptors (Lipinski definition) is 6. The van der Waals surface area contributed by atoms with Crippen LogP contribution < -0.4 is 21.1 Å². The van der Waals surface area contributed by atoms with E-state index in [-0.39, 0.29) is 11.9 Å². The number of nitrogens with two attached hydrogens (primary N) is 2. The lowest BCUT2D eigenvalue weighted by molar-refractivity contribution is 0.411. The van der Waals surface area contributed by atoms with E-state index in [1.54, 1.807) is 24.1 Å². The molecule has 19 heavy (non-hydrogen) atoms. The van der Waals surface area contributed by atoms with Crippen LogP contribution in [0.4, 0.5) is 5.69 Å². The number of halogens is 1. The van der Waals surface area contributed by atoms with Crippen molar-refractivity contribution in [3.05, 3.63) is 23.2 Å². The number of ether oxygens (including phenoxy) is 1. The molecular formula is C12H16ClN5O. The topological polar surface area (TPSA) is 89.2 Å². The molecule has 4 N–H and O–H groups in total. The molecule has 0 atom stereocenters. The molecule has 1 aromatic rings. The molecule has 0 aliphatic carbocycles. The maximum atomic E-state index is 5.97. The molecule has 1 heterocycles. The highest BCUT2D eigenvalue weighted by atomic mass is 35.5. The second-order valence-electron chi connectivity index (χ2n) is 4.59. The van der Waals surface area contributed by atoms with Gasteiger partial charge in [-0.05, 0) is 26.0 Å². The predicted molar refractivity (Wildman–Crippen MR) is 77.8 cm³/mol. The number of anilines is 1. The third-order valence-electron chi connectivity index (χ3n) is 2.78. The van der Waals surface area contributed by atoms with Gasteiger partial charge < -0.3 is 16.2 Å². The average molecular weight is 282 g/mol. The third-order valence-corrected chi connectivity index (χ3v) is 3.01. The summed E-state index contributed by atoms with van der Waals surface area (Å²) in [6, 6.07) is 5.27. The highest BCUT2D eigenvalue weighted by molar-refractivity contribution is 6.30. The van der Waals surface area contributed by atoms with Gasteiger partial charge in [-0.3, -0.25) is 4.90 Å². The van der Waals surface area contributed by atoms with Crippen LogP contribution >= 0.6 is 11.6 Å². The number of rotatable bonds is 2. The lowest BCUT2D eigenvalue weighted by Gasteiger charge is -2.38. The van der Waals surface area contributed by atoms with Crippen LogP contribution in [0.5, 0.6) is 5.75 Å². The SMILES string of the molecule is COc1cc(Cl)ccc1N1C(N)=NC(N)=NC1(C)C. The largest absolute Gasteiger partial charge is 0.495 e. The van der Waals surface area contributed by atoms with E-state index in [9.17, 15) is 0 Å². The van der Waals surface area contributed by atoms with Gasteiger partial charge in [0.2, 0.25) is 11.9 Å². The molecule has 0 bridgehead atoms. The van der Waals surface area contributed by atoms with Crippen molar-refractivity contribution in [1.82, 2.24) is 0 Å². The van der Waals surface area contributed by atoms with Crippen LogP contribution in [0.2, 0.25) is 5.02 Å². The summed E-state index contributed by atoms with van der Waals surface area (Å²) in [5, 5.41) is 0.578. The third kappa shape index (κ3) is 2.44. The summed E-state index contributed by atoms with van der Waals surface area (Å²) < 4.78 is 5.33. The highest BCUT2D eigenvalue weighted by Crippen LogP contribution is 2.36. The van der Waals surface area contributed by atoms with E-state index in [1.807, 2.05) is 19.9 Å². The fraction of sp³-hybridized carbons (Fsp3) is 0.333. The van der Waals surface area contributed by atoms with E-state index in [1.165, 1.54) is 0 Å². The zero-order chi connectivity index (χ0) is 14.2. The first-order chi connectivity index (χ1) is 8.85. The van der Waals surface area contributed by atoms with Crippen LogP contribution in [-0.4, -0.2) is 24.7 Å². The van der Waals surface area contributed by atoms with Gasteiger partial charge in [-0.15, -0.1) is 0 Å². The van der Waals surface area contributed by atoms with Crippen LogP contribution in [0.15, 0.2) is 28.2 Å². The number of methoxy groups -OCH3 is 1. The van der Waals surface area contributed by atoms with Crippen LogP contribution in [-0.2, 0) is 0 Å². The quantitative estimate of drug-likeness (QED) is 0.860. The Morgan fingerprint density at radius 2 is 2.00 bits per heavy atom. The molecule has 0 spiro atoms. The molecule has 1 aromatic carbocycles. The van der Waals surface area contributed by atoms with Crippen LogP contribution in [0.1, 0.15) is 13.8 Å². The summed E-state index contributed by atoms with van der Waals surface area (Å²) in [7, 11) is 1.57. The smallest absolute Gasteiger partial charge is 0.220 e. The van der Waals surface area contributed by atoms with Crippen molar-refractivity contribution >= 4 is 29.2 Å². The van der Waals surface area contributed by atoms with E-state index in [0.29, 0.717) is 10.8 Å². The summed E-state index contributed by atoms with van der Waals surface area (Å²) >= 11 is 5.96. The van der Waals surface area contributed by atoms with Crippen molar-refractivity contribution in [3.63, 3.8) is 0 Å². The van der Waals surface area contributed by atoms with Crippen LogP contribution in [0.3, 0.4) is 0 Å². The van der Waals surface area contributed by atoms with Crippen molar-refractivity contribution < 1.29 is 4.74 Å². The first-order valence-corrected chi connectivity index (χ1v) is 6.06. The van der Waals surface area contributed by atoms with Crippen molar-refractivity contribution in [2.75, 3.05) is 12.0 Å². The van der Waals surface area contributed by atoms with Gasteiger partial charge in [0, 0.05) is 11.1 Å². The molecule has 0 amide bonds. The standard InChI is InChI=1S/C12H16ClN5O/c1-12(2)17-10(14)16-11(15)18(12)8-5-4-7(13)6-9(8)19-3/h4-6H,1-3H3,(H4,14,15,16,17).